The standard InChI is InChI=1S/C13H30N4O3S.HI/c1-14-13(15-7-5-12-21(4,18)19)16-8-10-17(2)9-6-11-20-3;/h5-12H2,1-4H3,(H2,14,15,16);1H. The third-order valence-electron chi connectivity index (χ3n) is 2.88. The molecule has 0 aliphatic carbocycles. The molecule has 0 radical (unpaired) electrons. The summed E-state index contributed by atoms with van der Waals surface area (Å²) in [5.74, 6) is 0.896. The van der Waals surface area contributed by atoms with Gasteiger partial charge in [0, 0.05) is 53.2 Å². The number of halogens is 1. The Hall–Kier alpha value is -0.130. The van der Waals surface area contributed by atoms with Crippen molar-refractivity contribution in [3.8, 4) is 0 Å². The fraction of sp³-hybridized carbons (Fsp3) is 0.923. The SMILES string of the molecule is CN=C(NCCCS(C)(=O)=O)NCCN(C)CCCOC.I. The van der Waals surface area contributed by atoms with E-state index in [4.69, 9.17) is 4.74 Å². The van der Waals surface area contributed by atoms with Crippen molar-refractivity contribution in [1.82, 2.24) is 15.5 Å². The van der Waals surface area contributed by atoms with Crippen molar-refractivity contribution in [3.05, 3.63) is 0 Å². The van der Waals surface area contributed by atoms with E-state index in [2.05, 4.69) is 27.6 Å². The van der Waals surface area contributed by atoms with Crippen LogP contribution >= 0.6 is 24.0 Å². The summed E-state index contributed by atoms with van der Waals surface area (Å²) in [5, 5.41) is 6.31. The van der Waals surface area contributed by atoms with E-state index in [9.17, 15) is 8.42 Å². The third-order valence-corrected chi connectivity index (χ3v) is 3.91. The lowest BCUT2D eigenvalue weighted by molar-refractivity contribution is 0.180. The van der Waals surface area contributed by atoms with Gasteiger partial charge in [0.15, 0.2) is 5.96 Å². The van der Waals surface area contributed by atoms with Crippen molar-refractivity contribution in [2.45, 2.75) is 12.8 Å². The van der Waals surface area contributed by atoms with Gasteiger partial charge in [-0.1, -0.05) is 0 Å². The minimum absolute atomic E-state index is 0. The molecule has 0 spiro atoms. The molecule has 0 rings (SSSR count). The van der Waals surface area contributed by atoms with E-state index >= 15 is 0 Å². The molecule has 0 heterocycles. The molecule has 0 saturated heterocycles. The zero-order valence-corrected chi connectivity index (χ0v) is 17.2. The van der Waals surface area contributed by atoms with Crippen LogP contribution in [0.4, 0.5) is 0 Å². The molecule has 0 aromatic rings. The van der Waals surface area contributed by atoms with Gasteiger partial charge in [-0.2, -0.15) is 0 Å². The molecular formula is C13H31IN4O3S. The summed E-state index contributed by atoms with van der Waals surface area (Å²) in [7, 11) is 2.60. The first-order valence-corrected chi connectivity index (χ1v) is 9.25. The van der Waals surface area contributed by atoms with Crippen LogP contribution in [0.1, 0.15) is 12.8 Å². The largest absolute Gasteiger partial charge is 0.385 e. The van der Waals surface area contributed by atoms with Gasteiger partial charge >= 0.3 is 0 Å². The number of rotatable bonds is 11. The fourth-order valence-corrected chi connectivity index (χ4v) is 2.39. The molecule has 0 bridgehead atoms. The molecule has 7 nitrogen and oxygen atoms in total. The normalized spacial score (nSPS) is 12.1. The molecule has 9 heteroatoms. The second-order valence-electron chi connectivity index (χ2n) is 5.06. The molecule has 0 aromatic heterocycles. The molecule has 0 saturated carbocycles. The number of nitrogens with one attached hydrogen (secondary N) is 2. The van der Waals surface area contributed by atoms with Gasteiger partial charge < -0.3 is 20.3 Å². The van der Waals surface area contributed by atoms with Gasteiger partial charge in [0.25, 0.3) is 0 Å². The van der Waals surface area contributed by atoms with Crippen molar-refractivity contribution in [1.29, 1.82) is 0 Å². The van der Waals surface area contributed by atoms with Crippen LogP contribution in [0.2, 0.25) is 0 Å². The topological polar surface area (TPSA) is 83.0 Å². The average molecular weight is 450 g/mol. The Morgan fingerprint density at radius 1 is 1.18 bits per heavy atom. The summed E-state index contributed by atoms with van der Waals surface area (Å²) in [6, 6.07) is 0. The Morgan fingerprint density at radius 3 is 2.36 bits per heavy atom. The van der Waals surface area contributed by atoms with E-state index in [1.54, 1.807) is 14.2 Å². The summed E-state index contributed by atoms with van der Waals surface area (Å²) < 4.78 is 27.0. The molecule has 0 unspecified atom stereocenters. The monoisotopic (exact) mass is 450 g/mol. The van der Waals surface area contributed by atoms with Crippen molar-refractivity contribution >= 4 is 39.8 Å². The molecule has 22 heavy (non-hydrogen) atoms. The minimum Gasteiger partial charge on any atom is -0.385 e. The summed E-state index contributed by atoms with van der Waals surface area (Å²) in [4.78, 5) is 6.33. The Labute approximate surface area is 152 Å². The number of methoxy groups -OCH3 is 1. The van der Waals surface area contributed by atoms with Gasteiger partial charge in [-0.15, -0.1) is 24.0 Å². The van der Waals surface area contributed by atoms with Crippen molar-refractivity contribution in [2.24, 2.45) is 4.99 Å². The van der Waals surface area contributed by atoms with Crippen LogP contribution < -0.4 is 10.6 Å². The van der Waals surface area contributed by atoms with E-state index in [1.165, 1.54) is 6.26 Å². The van der Waals surface area contributed by atoms with Gasteiger partial charge in [0.05, 0.1) is 5.75 Å². The van der Waals surface area contributed by atoms with Crippen LogP contribution in [0.15, 0.2) is 4.99 Å². The Kier molecular flexibility index (Phi) is 15.9. The first kappa shape index (κ1) is 24.1. The lowest BCUT2D eigenvalue weighted by Crippen LogP contribution is -2.41. The predicted molar refractivity (Wildman–Crippen MR) is 103 cm³/mol. The number of sulfone groups is 1. The number of aliphatic imine (C=N–C) groups is 1. The fourth-order valence-electron chi connectivity index (χ4n) is 1.72. The maximum atomic E-state index is 11.0. The van der Waals surface area contributed by atoms with E-state index in [0.717, 1.165) is 32.7 Å². The molecule has 2 N–H and O–H groups in total. The lowest BCUT2D eigenvalue weighted by Gasteiger charge is -2.18. The first-order chi connectivity index (χ1) is 9.89. The summed E-state index contributed by atoms with van der Waals surface area (Å²) in [6.07, 6.45) is 2.85. The summed E-state index contributed by atoms with van der Waals surface area (Å²) in [5.41, 5.74) is 0. The molecule has 0 atom stereocenters. The van der Waals surface area contributed by atoms with E-state index < -0.39 is 9.84 Å². The second kappa shape index (κ2) is 14.5. The molecule has 0 fully saturated rings. The summed E-state index contributed by atoms with van der Waals surface area (Å²) in [6.45, 7) is 4.07. The molecule has 0 amide bonds. The van der Waals surface area contributed by atoms with Crippen molar-refractivity contribution in [2.75, 3.05) is 66.0 Å². The van der Waals surface area contributed by atoms with E-state index in [0.29, 0.717) is 18.9 Å². The highest BCUT2D eigenvalue weighted by molar-refractivity contribution is 14.0. The number of hydrogen-bond donors (Lipinski definition) is 2. The maximum absolute atomic E-state index is 11.0. The van der Waals surface area contributed by atoms with E-state index in [1.807, 2.05) is 0 Å². The highest BCUT2D eigenvalue weighted by Crippen LogP contribution is 1.88. The Balaban J connectivity index is 0. The summed E-state index contributed by atoms with van der Waals surface area (Å²) >= 11 is 0. The smallest absolute Gasteiger partial charge is 0.191 e. The van der Waals surface area contributed by atoms with Gasteiger partial charge in [-0.25, -0.2) is 8.42 Å². The highest BCUT2D eigenvalue weighted by Gasteiger charge is 2.03. The number of likely N-dealkylation sites (N-methyl/N-ethyl adjacent to an activating group) is 1. The maximum Gasteiger partial charge on any atom is 0.191 e. The van der Waals surface area contributed by atoms with Crippen LogP contribution in [-0.2, 0) is 14.6 Å². The zero-order chi connectivity index (χ0) is 16.1. The van der Waals surface area contributed by atoms with Crippen LogP contribution in [0.5, 0.6) is 0 Å². The van der Waals surface area contributed by atoms with Crippen molar-refractivity contribution in [3.63, 3.8) is 0 Å². The number of hydrogen-bond acceptors (Lipinski definition) is 5. The average Bonchev–Trinajstić information content (AvgIpc) is 2.40. The molecule has 0 aliphatic rings. The Morgan fingerprint density at radius 2 is 1.82 bits per heavy atom. The second-order valence-corrected chi connectivity index (χ2v) is 7.32. The van der Waals surface area contributed by atoms with Gasteiger partial charge in [-0.3, -0.25) is 4.99 Å². The third kappa shape index (κ3) is 16.2. The van der Waals surface area contributed by atoms with Crippen LogP contribution in [-0.4, -0.2) is 85.3 Å². The number of ether oxygens (including phenoxy) is 1. The van der Waals surface area contributed by atoms with Crippen LogP contribution in [0.25, 0.3) is 0 Å². The number of nitrogens with zero attached hydrogens (tertiary/aromatic N) is 2. The molecule has 134 valence electrons. The van der Waals surface area contributed by atoms with Crippen molar-refractivity contribution < 1.29 is 13.2 Å². The lowest BCUT2D eigenvalue weighted by atomic mass is 10.4. The number of guanidine groups is 1. The van der Waals surface area contributed by atoms with Crippen LogP contribution in [0, 0.1) is 0 Å². The molecule has 0 aliphatic heterocycles. The van der Waals surface area contributed by atoms with Gasteiger partial charge in [0.2, 0.25) is 0 Å². The zero-order valence-electron chi connectivity index (χ0n) is 14.1. The Bertz CT molecular complexity index is 391. The molecular weight excluding hydrogens is 419 g/mol. The minimum atomic E-state index is -2.89. The van der Waals surface area contributed by atoms with Gasteiger partial charge in [0.1, 0.15) is 9.84 Å². The highest BCUT2D eigenvalue weighted by atomic mass is 127. The predicted octanol–water partition coefficient (Wildman–Crippen LogP) is 0.172. The first-order valence-electron chi connectivity index (χ1n) is 7.18. The van der Waals surface area contributed by atoms with E-state index in [-0.39, 0.29) is 29.7 Å². The van der Waals surface area contributed by atoms with Crippen LogP contribution in [0.3, 0.4) is 0 Å². The van der Waals surface area contributed by atoms with Gasteiger partial charge in [-0.05, 0) is 19.9 Å². The molecule has 0 aromatic carbocycles. The quantitative estimate of drug-likeness (QED) is 0.202.